The molecule has 0 amide bonds. The first-order valence-corrected chi connectivity index (χ1v) is 33.9. The third-order valence-corrected chi connectivity index (χ3v) is 18.6. The van der Waals surface area contributed by atoms with E-state index in [1.807, 2.05) is 0 Å². The first-order valence-electron chi connectivity index (χ1n) is 33.9. The number of likely N-dealkylation sites (N-methyl/N-ethyl adjacent to an activating group) is 12. The summed E-state index contributed by atoms with van der Waals surface area (Å²) in [6, 6.07) is 2.52. The van der Waals surface area contributed by atoms with Crippen LogP contribution < -0.4 is 29.4 Å². The predicted octanol–water partition coefficient (Wildman–Crippen LogP) is 6.28. The highest BCUT2D eigenvalue weighted by Crippen LogP contribution is 2.51. The van der Waals surface area contributed by atoms with E-state index in [0.29, 0.717) is 6.07 Å². The van der Waals surface area contributed by atoms with Gasteiger partial charge in [-0.05, 0) is 12.1 Å². The monoisotopic (exact) mass is 1580 g/mol. The first-order chi connectivity index (χ1) is 50.6. The Balaban J connectivity index is 0.000000231. The van der Waals surface area contributed by atoms with Gasteiger partial charge < -0.3 is 60.0 Å². The molecule has 0 unspecified atom stereocenters. The molecule has 0 saturated carbocycles. The summed E-state index contributed by atoms with van der Waals surface area (Å²) >= 11 is 0. The molecular weight excluding hydrogens is 1490 g/mol. The maximum atomic E-state index is 15.7. The van der Waals surface area contributed by atoms with E-state index in [-0.39, 0.29) is 78.5 Å². The van der Waals surface area contributed by atoms with E-state index < -0.39 is 250 Å². The average molecular weight is 1590 g/mol. The van der Waals surface area contributed by atoms with Crippen LogP contribution in [-0.2, 0) is 0 Å². The van der Waals surface area contributed by atoms with Crippen LogP contribution in [0.3, 0.4) is 0 Å². The number of quaternary nitrogens is 6. The lowest BCUT2D eigenvalue weighted by molar-refractivity contribution is -1.07. The summed E-state index contributed by atoms with van der Waals surface area (Å²) in [6.45, 7) is -0.407. The molecule has 0 atom stereocenters. The summed E-state index contributed by atoms with van der Waals surface area (Å²) in [6.07, 6.45) is 0. The van der Waals surface area contributed by atoms with Gasteiger partial charge in [0.15, 0.2) is 58.0 Å². The molecule has 39 heteroatoms. The van der Waals surface area contributed by atoms with E-state index in [1.54, 1.807) is 0 Å². The molecule has 0 saturated heterocycles. The molecule has 6 aromatic carbocycles. The first kappa shape index (κ1) is 88.0. The smallest absolute Gasteiger partial charge is 0.205 e. The number of rotatable bonds is 24. The maximum Gasteiger partial charge on any atom is 0.205 e. The van der Waals surface area contributed by atoms with E-state index in [4.69, 9.17) is 0 Å². The third-order valence-electron chi connectivity index (χ3n) is 18.6. The van der Waals surface area contributed by atoms with Gasteiger partial charge in [-0.25, -0.2) is 62.0 Å². The van der Waals surface area contributed by atoms with Crippen molar-refractivity contribution in [3.8, 4) is 34.5 Å². The number of hydrogen-bond acceptors (Lipinski definition) is 24. The minimum Gasteiger partial charge on any atom is -0.507 e. The van der Waals surface area contributed by atoms with Gasteiger partial charge in [-0.15, -0.1) is 0 Å². The number of hydrogen-bond donors (Lipinski definition) is 12. The van der Waals surface area contributed by atoms with Crippen molar-refractivity contribution in [2.45, 2.75) is 0 Å². The molecule has 111 heavy (non-hydrogen) atoms. The number of fused-ring (bicyclic) bond motifs is 6. The van der Waals surface area contributed by atoms with Crippen molar-refractivity contribution in [2.24, 2.45) is 0 Å². The van der Waals surface area contributed by atoms with Crippen LogP contribution in [0.4, 0.5) is 73.6 Å². The molecule has 3 aliphatic carbocycles. The van der Waals surface area contributed by atoms with E-state index in [0.717, 1.165) is 31.7 Å². The van der Waals surface area contributed by atoms with Crippen molar-refractivity contribution >= 4 is 68.8 Å². The molecule has 0 bridgehead atoms. The van der Waals surface area contributed by atoms with E-state index in [1.165, 1.54) is 137 Å². The topological polar surface area (TPSA) is 365 Å². The molecule has 0 heterocycles. The number of carbonyl (C=O) groups is 6. The van der Waals surface area contributed by atoms with Gasteiger partial charge in [0, 0.05) is 48.4 Å². The minimum absolute atomic E-state index is 0.0108. The molecule has 0 spiro atoms. The predicted molar refractivity (Wildman–Crippen MR) is 381 cm³/mol. The van der Waals surface area contributed by atoms with Crippen molar-refractivity contribution in [3.63, 3.8) is 0 Å². The fourth-order valence-corrected chi connectivity index (χ4v) is 12.5. The van der Waals surface area contributed by atoms with Crippen LogP contribution in [0.5, 0.6) is 34.5 Å². The quantitative estimate of drug-likeness (QED) is 0.0137. The highest BCUT2D eigenvalue weighted by atomic mass is 19.2. The molecular formula is C72H93F9N12O18+6. The second-order valence-corrected chi connectivity index (χ2v) is 30.7. The van der Waals surface area contributed by atoms with Crippen molar-refractivity contribution < 1.29 is 158 Å². The molecule has 3 aliphatic rings. The molecule has 0 radical (unpaired) electrons. The number of hydroxylamine groups is 18. The maximum absolute atomic E-state index is 15.7. The van der Waals surface area contributed by atoms with Gasteiger partial charge in [-0.3, -0.25) is 28.8 Å². The van der Waals surface area contributed by atoms with Gasteiger partial charge in [0.1, 0.15) is 56.5 Å². The number of nitrogens with zero attached hydrogens (tertiary/aromatic N) is 12. The van der Waals surface area contributed by atoms with Crippen LogP contribution in [0.15, 0.2) is 18.2 Å². The minimum atomic E-state index is -2.00. The van der Waals surface area contributed by atoms with E-state index >= 15 is 26.3 Å². The summed E-state index contributed by atoms with van der Waals surface area (Å²) in [7, 11) is 25.2. The van der Waals surface area contributed by atoms with Crippen LogP contribution in [0, 0.1) is 52.4 Å². The Hall–Kier alpha value is -10.2. The van der Waals surface area contributed by atoms with Gasteiger partial charge in [0.05, 0.1) is 225 Å². The largest absolute Gasteiger partial charge is 0.507 e. The number of ketones is 6. The summed E-state index contributed by atoms with van der Waals surface area (Å²) in [5.41, 5.74) is -12.1. The number of anilines is 6. The van der Waals surface area contributed by atoms with Crippen LogP contribution in [0.2, 0.25) is 0 Å². The SMILES string of the molecule is CN(CC[N+](C)(C)O)c1c(F)c(F)c(N(C)CC[N+](C)(C)O)c2c1C(=O)c1c(O)c(F)c(F)c(O)c1C2=O.CN(CC[N+](C)(C)O)c1c(F)c(F)c(N(C)CC[N+](C)(C)O)c2c1C(=O)c1c(O)cc(F)c(O)c1C2=O.CN(CC[N+](C)(C)O)c1c(F)c(F)c(N(C)CC[N+](C)(C)O)c2c1C(=O)c1c(O)ccc(O)c1C2=O. The van der Waals surface area contributed by atoms with Crippen LogP contribution in [-0.4, -0.2) is 330 Å². The van der Waals surface area contributed by atoms with E-state index in [2.05, 4.69) is 0 Å². The number of aromatic hydroxyl groups is 6. The number of benzene rings is 6. The van der Waals surface area contributed by atoms with Gasteiger partial charge in [-0.1, -0.05) is 0 Å². The summed E-state index contributed by atoms with van der Waals surface area (Å²) in [5, 5.41) is 122. The summed E-state index contributed by atoms with van der Waals surface area (Å²) in [5.74, 6) is -27.6. The van der Waals surface area contributed by atoms with E-state index in [9.17, 15) is 104 Å². The molecule has 30 nitrogen and oxygen atoms in total. The third kappa shape index (κ3) is 17.9. The Bertz CT molecular complexity index is 4610. The zero-order valence-electron chi connectivity index (χ0n) is 64.3. The summed E-state index contributed by atoms with van der Waals surface area (Å²) < 4.78 is 134. The lowest BCUT2D eigenvalue weighted by Crippen LogP contribution is -2.43. The molecule has 9 rings (SSSR count). The second kappa shape index (κ2) is 31.5. The van der Waals surface area contributed by atoms with Gasteiger partial charge in [0.25, 0.3) is 0 Å². The lowest BCUT2D eigenvalue weighted by atomic mass is 9.80. The Kier molecular flexibility index (Phi) is 25.0. The van der Waals surface area contributed by atoms with Gasteiger partial charge >= 0.3 is 0 Å². The normalized spacial score (nSPS) is 13.5. The summed E-state index contributed by atoms with van der Waals surface area (Å²) in [4.78, 5) is 88.7. The number of carbonyl (C=O) groups excluding carboxylic acids is 6. The van der Waals surface area contributed by atoms with Crippen molar-refractivity contribution in [1.29, 1.82) is 0 Å². The van der Waals surface area contributed by atoms with Crippen molar-refractivity contribution in [2.75, 3.05) is 235 Å². The molecule has 606 valence electrons. The Morgan fingerprint density at radius 2 is 0.414 bits per heavy atom. The second-order valence-electron chi connectivity index (χ2n) is 30.7. The highest BCUT2D eigenvalue weighted by Gasteiger charge is 2.48. The van der Waals surface area contributed by atoms with Gasteiger partial charge in [0.2, 0.25) is 46.3 Å². The number of phenolic OH excluding ortho intramolecular Hbond substituents is 6. The lowest BCUT2D eigenvalue weighted by Gasteiger charge is -2.33. The molecule has 12 N–H and O–H groups in total. The molecule has 0 aliphatic heterocycles. The zero-order valence-corrected chi connectivity index (χ0v) is 64.3. The fraction of sp³-hybridized carbons (Fsp3) is 0.417. The number of phenols is 6. The number of halogens is 9. The Morgan fingerprint density at radius 1 is 0.252 bits per heavy atom. The molecule has 6 aromatic rings. The molecule has 0 fully saturated rings. The highest BCUT2D eigenvalue weighted by molar-refractivity contribution is 6.36. The Morgan fingerprint density at radius 3 is 0.595 bits per heavy atom. The van der Waals surface area contributed by atoms with Gasteiger partial charge in [-0.2, -0.15) is 36.7 Å². The van der Waals surface area contributed by atoms with Crippen molar-refractivity contribution in [1.82, 2.24) is 0 Å². The average Bonchev–Trinajstić information content (AvgIpc) is 0.722. The standard InChI is InChI=1S/C24H28F4N4O6.C24H29F3N4O6.C24H30F2N4O6/c1-29(7-9-31(3,4)37)19-11-12(20(16(26)15(19)25)30(2)8-10-32(5,6)38)22(34)14-13(21(11)33)23(35)17(27)18(28)24(14)36;1-28(7-9-30(3,4)36)20-15-16(21(19(27)18(20)26)29(2)8-10-31(5,6)37)24(35)17-14(23(15)34)13(32)11-12(25)22(17)33;1-27(9-11-29(3,4)35)21-17-18(22(20(26)19(21)25)28(2)10-12-30(5,6)36)24(34)16-14(32)8-7-13(31)15(16)23(17)33/h37-38H,7-10H2,1-6H3;11,36-37H,7-10H2,1-6H3;7-8,35-36H,9-12H2,1-6H3/p+6. The Labute approximate surface area is 631 Å². The van der Waals surface area contributed by atoms with Crippen molar-refractivity contribution in [3.05, 3.63) is 137 Å². The molecule has 0 aromatic heterocycles. The fourth-order valence-electron chi connectivity index (χ4n) is 12.5. The van der Waals surface area contributed by atoms with Crippen LogP contribution >= 0.6 is 0 Å². The zero-order chi connectivity index (χ0) is 84.6. The van der Waals surface area contributed by atoms with Crippen LogP contribution in [0.25, 0.3) is 0 Å². The van der Waals surface area contributed by atoms with Crippen LogP contribution in [0.1, 0.15) is 95.5 Å².